The maximum Gasteiger partial charge on any atom is 0.261 e. The lowest BCUT2D eigenvalue weighted by molar-refractivity contribution is -0.116. The molecular formula is C25H23ClN4O2. The van der Waals surface area contributed by atoms with Crippen molar-refractivity contribution in [1.82, 2.24) is 9.78 Å². The van der Waals surface area contributed by atoms with Gasteiger partial charge in [0, 0.05) is 28.4 Å². The molecule has 6 nitrogen and oxygen atoms in total. The molecule has 3 aromatic rings. The van der Waals surface area contributed by atoms with Crippen molar-refractivity contribution in [2.24, 2.45) is 0 Å². The van der Waals surface area contributed by atoms with E-state index in [-0.39, 0.29) is 11.7 Å². The van der Waals surface area contributed by atoms with Crippen LogP contribution in [0.3, 0.4) is 0 Å². The second-order valence-corrected chi connectivity index (χ2v) is 8.79. The number of nitrogens with one attached hydrogen (secondary N) is 2. The number of amides is 1. The van der Waals surface area contributed by atoms with Gasteiger partial charge < -0.3 is 10.6 Å². The predicted molar refractivity (Wildman–Crippen MR) is 125 cm³/mol. The fourth-order valence-corrected chi connectivity index (χ4v) is 4.63. The SMILES string of the molecule is Cc1ccc(NC(=O)c2cnn3c2NC2=C(C(=O)CCC2)[C@H]3c2cccc(Cl)c2)cc1C. The van der Waals surface area contributed by atoms with Crippen LogP contribution in [-0.4, -0.2) is 21.5 Å². The number of rotatable bonds is 3. The van der Waals surface area contributed by atoms with Crippen molar-refractivity contribution in [1.29, 1.82) is 0 Å². The molecule has 32 heavy (non-hydrogen) atoms. The van der Waals surface area contributed by atoms with Crippen molar-refractivity contribution in [2.75, 3.05) is 10.6 Å². The van der Waals surface area contributed by atoms with Crippen molar-refractivity contribution in [3.63, 3.8) is 0 Å². The van der Waals surface area contributed by atoms with Crippen LogP contribution < -0.4 is 10.6 Å². The van der Waals surface area contributed by atoms with E-state index in [4.69, 9.17) is 11.6 Å². The van der Waals surface area contributed by atoms with E-state index in [9.17, 15) is 9.59 Å². The van der Waals surface area contributed by atoms with Crippen LogP contribution in [0.1, 0.15) is 52.4 Å². The number of carbonyl (C=O) groups excluding carboxylic acids is 2. The molecule has 5 rings (SSSR count). The Morgan fingerprint density at radius 1 is 1.16 bits per heavy atom. The summed E-state index contributed by atoms with van der Waals surface area (Å²) in [6.45, 7) is 4.05. The Balaban J connectivity index is 1.56. The predicted octanol–water partition coefficient (Wildman–Crippen LogP) is 5.43. The molecule has 2 aliphatic rings. The Kier molecular flexibility index (Phi) is 5.10. The van der Waals surface area contributed by atoms with Crippen molar-refractivity contribution >= 4 is 34.8 Å². The molecule has 2 heterocycles. The van der Waals surface area contributed by atoms with E-state index in [1.165, 1.54) is 5.56 Å². The number of Topliss-reactive ketones (excluding diaryl/α,β-unsaturated/α-hetero) is 1. The van der Waals surface area contributed by atoms with E-state index < -0.39 is 6.04 Å². The summed E-state index contributed by atoms with van der Waals surface area (Å²) in [5, 5.41) is 11.4. The van der Waals surface area contributed by atoms with Gasteiger partial charge in [-0.05, 0) is 67.6 Å². The van der Waals surface area contributed by atoms with Gasteiger partial charge in [-0.1, -0.05) is 29.8 Å². The van der Waals surface area contributed by atoms with Gasteiger partial charge in [0.1, 0.15) is 17.4 Å². The Morgan fingerprint density at radius 3 is 2.78 bits per heavy atom. The molecule has 0 saturated carbocycles. The number of aryl methyl sites for hydroxylation is 2. The number of anilines is 2. The number of nitrogens with zero attached hydrogens (tertiary/aromatic N) is 2. The number of hydrogen-bond donors (Lipinski definition) is 2. The Morgan fingerprint density at radius 2 is 2.00 bits per heavy atom. The minimum absolute atomic E-state index is 0.103. The van der Waals surface area contributed by atoms with Crippen LogP contribution in [0.4, 0.5) is 11.5 Å². The summed E-state index contributed by atoms with van der Waals surface area (Å²) in [6, 6.07) is 12.9. The summed E-state index contributed by atoms with van der Waals surface area (Å²) < 4.78 is 1.73. The molecule has 0 spiro atoms. The maximum absolute atomic E-state index is 13.2. The van der Waals surface area contributed by atoms with Crippen LogP contribution in [0.2, 0.25) is 5.02 Å². The Bertz CT molecular complexity index is 1290. The molecule has 1 aromatic heterocycles. The smallest absolute Gasteiger partial charge is 0.261 e. The average Bonchev–Trinajstić information content (AvgIpc) is 3.19. The zero-order chi connectivity index (χ0) is 22.4. The molecule has 1 amide bonds. The molecule has 1 aliphatic carbocycles. The molecule has 2 aromatic carbocycles. The summed E-state index contributed by atoms with van der Waals surface area (Å²) in [5.74, 6) is 0.439. The Hall–Kier alpha value is -3.38. The molecule has 1 atom stereocenters. The minimum Gasteiger partial charge on any atom is -0.343 e. The molecular weight excluding hydrogens is 424 g/mol. The first-order valence-electron chi connectivity index (χ1n) is 10.7. The third kappa shape index (κ3) is 3.50. The lowest BCUT2D eigenvalue weighted by atomic mass is 9.85. The highest BCUT2D eigenvalue weighted by Crippen LogP contribution is 2.42. The second kappa shape index (κ2) is 7.95. The molecule has 162 valence electrons. The quantitative estimate of drug-likeness (QED) is 0.562. The van der Waals surface area contributed by atoms with Crippen molar-refractivity contribution in [3.05, 3.63) is 87.2 Å². The number of ketones is 1. The summed E-state index contributed by atoms with van der Waals surface area (Å²) in [6.07, 6.45) is 3.60. The summed E-state index contributed by atoms with van der Waals surface area (Å²) >= 11 is 6.26. The van der Waals surface area contributed by atoms with Gasteiger partial charge in [0.05, 0.1) is 6.20 Å². The van der Waals surface area contributed by atoms with Gasteiger partial charge in [0.2, 0.25) is 0 Å². The van der Waals surface area contributed by atoms with Gasteiger partial charge in [0.15, 0.2) is 5.78 Å². The largest absolute Gasteiger partial charge is 0.343 e. The average molecular weight is 447 g/mol. The first-order valence-corrected chi connectivity index (χ1v) is 11.0. The number of fused-ring (bicyclic) bond motifs is 1. The highest BCUT2D eigenvalue weighted by atomic mass is 35.5. The number of allylic oxidation sites excluding steroid dienone is 2. The first kappa shape index (κ1) is 20.5. The molecule has 1 aliphatic heterocycles. The highest BCUT2D eigenvalue weighted by molar-refractivity contribution is 6.30. The van der Waals surface area contributed by atoms with Crippen LogP contribution in [0, 0.1) is 13.8 Å². The topological polar surface area (TPSA) is 76.0 Å². The lowest BCUT2D eigenvalue weighted by Gasteiger charge is -2.33. The van der Waals surface area contributed by atoms with E-state index in [2.05, 4.69) is 15.7 Å². The fraction of sp³-hybridized carbons (Fsp3) is 0.240. The van der Waals surface area contributed by atoms with Crippen molar-refractivity contribution in [3.8, 4) is 0 Å². The van der Waals surface area contributed by atoms with E-state index in [0.29, 0.717) is 28.4 Å². The monoisotopic (exact) mass is 446 g/mol. The van der Waals surface area contributed by atoms with Gasteiger partial charge in [-0.2, -0.15) is 5.10 Å². The zero-order valence-electron chi connectivity index (χ0n) is 17.9. The van der Waals surface area contributed by atoms with E-state index in [1.54, 1.807) is 16.9 Å². The third-order valence-electron chi connectivity index (χ3n) is 6.21. The minimum atomic E-state index is -0.420. The van der Waals surface area contributed by atoms with Crippen molar-refractivity contribution in [2.45, 2.75) is 39.2 Å². The summed E-state index contributed by atoms with van der Waals surface area (Å²) in [7, 11) is 0. The van der Waals surface area contributed by atoms with Gasteiger partial charge in [-0.25, -0.2) is 4.68 Å². The Labute approximate surface area is 191 Å². The molecule has 7 heteroatoms. The summed E-state index contributed by atoms with van der Waals surface area (Å²) in [4.78, 5) is 26.1. The number of aromatic nitrogens is 2. The van der Waals surface area contributed by atoms with Gasteiger partial charge in [-0.15, -0.1) is 0 Å². The van der Waals surface area contributed by atoms with E-state index >= 15 is 0 Å². The zero-order valence-corrected chi connectivity index (χ0v) is 18.7. The van der Waals surface area contributed by atoms with Crippen LogP contribution in [0.25, 0.3) is 0 Å². The van der Waals surface area contributed by atoms with Gasteiger partial charge in [-0.3, -0.25) is 9.59 Å². The maximum atomic E-state index is 13.2. The number of benzene rings is 2. The van der Waals surface area contributed by atoms with Gasteiger partial charge >= 0.3 is 0 Å². The summed E-state index contributed by atoms with van der Waals surface area (Å²) in [5.41, 5.74) is 5.86. The molecule has 2 N–H and O–H groups in total. The van der Waals surface area contributed by atoms with Crippen LogP contribution in [0.15, 0.2) is 59.9 Å². The number of halogens is 1. The molecule has 0 bridgehead atoms. The van der Waals surface area contributed by atoms with Crippen molar-refractivity contribution < 1.29 is 9.59 Å². The first-order chi connectivity index (χ1) is 15.4. The fourth-order valence-electron chi connectivity index (χ4n) is 4.43. The third-order valence-corrected chi connectivity index (χ3v) is 6.45. The number of carbonyl (C=O) groups is 2. The van der Waals surface area contributed by atoms with Crippen LogP contribution in [-0.2, 0) is 4.79 Å². The standard InChI is InChI=1S/C25H23ClN4O2/c1-14-9-10-18(11-15(14)2)28-25(32)19-13-27-30-23(16-5-3-6-17(26)12-16)22-20(29-24(19)30)7-4-8-21(22)31/h3,5-6,9-13,23,29H,4,7-8H2,1-2H3,(H,28,32)/t23-/m1/s1. The molecule has 0 saturated heterocycles. The number of hydrogen-bond acceptors (Lipinski definition) is 4. The van der Waals surface area contributed by atoms with E-state index in [0.717, 1.165) is 35.4 Å². The van der Waals surface area contributed by atoms with E-state index in [1.807, 2.05) is 50.2 Å². The normalized spacial score (nSPS) is 17.5. The molecule has 0 fully saturated rings. The van der Waals surface area contributed by atoms with Crippen LogP contribution in [0.5, 0.6) is 0 Å². The second-order valence-electron chi connectivity index (χ2n) is 8.36. The highest BCUT2D eigenvalue weighted by Gasteiger charge is 2.37. The molecule has 0 unspecified atom stereocenters. The van der Waals surface area contributed by atoms with Gasteiger partial charge in [0.25, 0.3) is 5.91 Å². The van der Waals surface area contributed by atoms with Crippen LogP contribution >= 0.6 is 11.6 Å². The lowest BCUT2D eigenvalue weighted by Crippen LogP contribution is -2.32. The molecule has 0 radical (unpaired) electrons.